The monoisotopic (exact) mass is 448 g/mol. The second-order valence-corrected chi connectivity index (χ2v) is 9.98. The number of pyridine rings is 1. The molecule has 7 nitrogen and oxygen atoms in total. The molecule has 4 fully saturated rings. The van der Waals surface area contributed by atoms with Crippen LogP contribution in [0.25, 0.3) is 11.0 Å². The van der Waals surface area contributed by atoms with Crippen LogP contribution in [-0.2, 0) is 0 Å². The van der Waals surface area contributed by atoms with Crippen LogP contribution in [-0.4, -0.2) is 70.3 Å². The third-order valence-electron chi connectivity index (χ3n) is 7.35. The second-order valence-electron chi connectivity index (χ2n) is 9.21. The number of piperazine rings is 1. The van der Waals surface area contributed by atoms with Crippen molar-refractivity contribution in [2.24, 2.45) is 0 Å². The lowest BCUT2D eigenvalue weighted by atomic mass is 9.95. The minimum absolute atomic E-state index is 0.150. The van der Waals surface area contributed by atoms with E-state index in [4.69, 9.17) is 32.9 Å². The van der Waals surface area contributed by atoms with Crippen molar-refractivity contribution < 1.29 is 4.74 Å². The predicted molar refractivity (Wildman–Crippen MR) is 118 cm³/mol. The van der Waals surface area contributed by atoms with Crippen LogP contribution in [0.4, 0.5) is 5.82 Å². The predicted octanol–water partition coefficient (Wildman–Crippen LogP) is 3.28. The summed E-state index contributed by atoms with van der Waals surface area (Å²) in [6, 6.07) is 3.22. The molecule has 0 spiro atoms. The van der Waals surface area contributed by atoms with E-state index < -0.39 is 0 Å². The van der Waals surface area contributed by atoms with Gasteiger partial charge in [-0.3, -0.25) is 4.90 Å². The summed E-state index contributed by atoms with van der Waals surface area (Å²) in [7, 11) is 0. The van der Waals surface area contributed by atoms with Crippen LogP contribution in [0, 0.1) is 0 Å². The maximum absolute atomic E-state index is 6.30. The average molecular weight is 449 g/mol. The Bertz CT molecular complexity index is 966. The molecule has 2 aromatic rings. The number of nitrogens with zero attached hydrogens (tertiary/aromatic N) is 5. The van der Waals surface area contributed by atoms with E-state index in [1.54, 1.807) is 0 Å². The number of hydrogen-bond acceptors (Lipinski definition) is 7. The van der Waals surface area contributed by atoms with Gasteiger partial charge >= 0.3 is 6.01 Å². The lowest BCUT2D eigenvalue weighted by Gasteiger charge is -2.34. The number of halogens is 2. The highest BCUT2D eigenvalue weighted by Crippen LogP contribution is 2.39. The number of ether oxygens (including phenoxy) is 1. The minimum Gasteiger partial charge on any atom is -0.461 e. The van der Waals surface area contributed by atoms with Crippen LogP contribution in [0.5, 0.6) is 6.01 Å². The van der Waals surface area contributed by atoms with Gasteiger partial charge in [-0.25, -0.2) is 4.98 Å². The third-order valence-corrected chi connectivity index (χ3v) is 8.03. The normalized spacial score (nSPS) is 27.7. The quantitative estimate of drug-likeness (QED) is 0.719. The molecular formula is C21H26Cl2N6O. The molecule has 0 saturated carbocycles. The number of rotatable bonds is 4. The number of hydrogen-bond donors (Lipinski definition) is 1. The molecule has 1 N–H and O–H groups in total. The van der Waals surface area contributed by atoms with Crippen molar-refractivity contribution >= 4 is 40.1 Å². The molecule has 6 rings (SSSR count). The van der Waals surface area contributed by atoms with Crippen molar-refractivity contribution in [1.29, 1.82) is 0 Å². The number of aromatic nitrogens is 3. The van der Waals surface area contributed by atoms with E-state index in [1.807, 2.05) is 6.07 Å². The molecule has 0 amide bonds. The molecule has 4 aliphatic rings. The zero-order chi connectivity index (χ0) is 20.3. The second kappa shape index (κ2) is 7.33. The number of nitrogens with one attached hydrogen (secondary N) is 1. The van der Waals surface area contributed by atoms with Crippen molar-refractivity contribution in [3.8, 4) is 6.01 Å². The fraction of sp³-hybridized carbons (Fsp3) is 0.667. The molecule has 2 atom stereocenters. The summed E-state index contributed by atoms with van der Waals surface area (Å²) in [6.07, 6.45) is 7.27. The molecule has 0 aromatic carbocycles. The highest BCUT2D eigenvalue weighted by molar-refractivity contribution is 6.41. The van der Waals surface area contributed by atoms with Crippen LogP contribution in [0.2, 0.25) is 10.2 Å². The van der Waals surface area contributed by atoms with E-state index >= 15 is 0 Å². The molecule has 4 saturated heterocycles. The van der Waals surface area contributed by atoms with Crippen molar-refractivity contribution in [1.82, 2.24) is 25.2 Å². The van der Waals surface area contributed by atoms with E-state index in [-0.39, 0.29) is 10.7 Å². The van der Waals surface area contributed by atoms with Gasteiger partial charge in [0.15, 0.2) is 5.65 Å². The molecule has 0 radical (unpaired) electrons. The van der Waals surface area contributed by atoms with E-state index in [1.165, 1.54) is 51.6 Å². The zero-order valence-electron chi connectivity index (χ0n) is 16.9. The van der Waals surface area contributed by atoms with Crippen LogP contribution >= 0.6 is 23.2 Å². The highest BCUT2D eigenvalue weighted by Gasteiger charge is 2.45. The van der Waals surface area contributed by atoms with Crippen molar-refractivity contribution in [3.05, 3.63) is 16.2 Å². The largest absolute Gasteiger partial charge is 0.461 e. The van der Waals surface area contributed by atoms with Crippen molar-refractivity contribution in [3.63, 3.8) is 0 Å². The Morgan fingerprint density at radius 2 is 1.80 bits per heavy atom. The Labute approximate surface area is 186 Å². The molecular weight excluding hydrogens is 423 g/mol. The Kier molecular flexibility index (Phi) is 4.71. The van der Waals surface area contributed by atoms with Gasteiger partial charge in [0.1, 0.15) is 17.6 Å². The Morgan fingerprint density at radius 3 is 2.53 bits per heavy atom. The first-order valence-corrected chi connectivity index (χ1v) is 11.8. The van der Waals surface area contributed by atoms with Crippen LogP contribution in [0.3, 0.4) is 0 Å². The van der Waals surface area contributed by atoms with Gasteiger partial charge in [-0.15, -0.1) is 0 Å². The van der Waals surface area contributed by atoms with Gasteiger partial charge in [0, 0.05) is 25.2 Å². The first-order chi connectivity index (χ1) is 14.6. The molecule has 160 valence electrons. The molecule has 30 heavy (non-hydrogen) atoms. The summed E-state index contributed by atoms with van der Waals surface area (Å²) in [5.41, 5.74) is 0.694. The number of fused-ring (bicyclic) bond motifs is 4. The Balaban J connectivity index is 1.35. The minimum atomic E-state index is 0.150. The lowest BCUT2D eigenvalue weighted by molar-refractivity contribution is 0.108. The first-order valence-electron chi connectivity index (χ1n) is 11.0. The number of anilines is 1. The van der Waals surface area contributed by atoms with Crippen molar-refractivity contribution in [2.75, 3.05) is 37.7 Å². The van der Waals surface area contributed by atoms with Crippen molar-refractivity contribution in [2.45, 2.75) is 56.1 Å². The van der Waals surface area contributed by atoms with E-state index in [0.29, 0.717) is 35.4 Å². The summed E-state index contributed by atoms with van der Waals surface area (Å²) >= 11 is 12.5. The Hall–Kier alpha value is -1.41. The summed E-state index contributed by atoms with van der Waals surface area (Å²) in [6.45, 7) is 4.81. The maximum Gasteiger partial charge on any atom is 0.320 e. The molecule has 2 unspecified atom stereocenters. The maximum atomic E-state index is 6.30. The third kappa shape index (κ3) is 3.22. The summed E-state index contributed by atoms with van der Waals surface area (Å²) in [4.78, 5) is 18.8. The standard InChI is InChI=1S/C21H26Cl2N6O/c22-16-9-15-18(25-17(16)23)26-20(30-12-21-5-1-7-29(21)8-2-6-21)27-19(15)28-10-13-3-4-14(11-28)24-13/h9,13-14,24H,1-8,10-12H2. The van der Waals surface area contributed by atoms with Crippen LogP contribution in [0.15, 0.2) is 6.07 Å². The fourth-order valence-corrected chi connectivity index (χ4v) is 6.19. The van der Waals surface area contributed by atoms with Gasteiger partial charge < -0.3 is 15.0 Å². The average Bonchev–Trinajstić information content (AvgIpc) is 3.40. The van der Waals surface area contributed by atoms with E-state index in [2.05, 4.69) is 25.1 Å². The zero-order valence-corrected chi connectivity index (χ0v) is 18.4. The molecule has 4 aliphatic heterocycles. The van der Waals surface area contributed by atoms with Gasteiger partial charge in [-0.1, -0.05) is 23.2 Å². The lowest BCUT2D eigenvalue weighted by Crippen LogP contribution is -2.51. The highest BCUT2D eigenvalue weighted by atomic mass is 35.5. The smallest absolute Gasteiger partial charge is 0.320 e. The summed E-state index contributed by atoms with van der Waals surface area (Å²) < 4.78 is 6.25. The van der Waals surface area contributed by atoms with Gasteiger partial charge in [0.2, 0.25) is 0 Å². The molecule has 9 heteroatoms. The molecule has 6 heterocycles. The fourth-order valence-electron chi connectivity index (χ4n) is 5.91. The molecule has 0 aliphatic carbocycles. The van der Waals surface area contributed by atoms with Crippen LogP contribution < -0.4 is 15.0 Å². The van der Waals surface area contributed by atoms with Gasteiger partial charge in [-0.2, -0.15) is 9.97 Å². The summed E-state index contributed by atoms with van der Waals surface area (Å²) in [5.74, 6) is 0.853. The summed E-state index contributed by atoms with van der Waals surface area (Å²) in [5, 5.41) is 5.19. The SMILES string of the molecule is Clc1cc2c(N3CC4CCC(C3)N4)nc(OCC34CCCN3CCC4)nc2nc1Cl. The van der Waals surface area contributed by atoms with E-state index in [9.17, 15) is 0 Å². The van der Waals surface area contributed by atoms with E-state index in [0.717, 1.165) is 24.3 Å². The van der Waals surface area contributed by atoms with Gasteiger partial charge in [0.25, 0.3) is 0 Å². The molecule has 2 aromatic heterocycles. The van der Waals surface area contributed by atoms with Crippen LogP contribution in [0.1, 0.15) is 38.5 Å². The Morgan fingerprint density at radius 1 is 1.07 bits per heavy atom. The topological polar surface area (TPSA) is 66.4 Å². The van der Waals surface area contributed by atoms with Gasteiger partial charge in [-0.05, 0) is 57.7 Å². The van der Waals surface area contributed by atoms with Gasteiger partial charge in [0.05, 0.1) is 15.9 Å². The molecule has 2 bridgehead atoms. The first kappa shape index (κ1) is 19.3.